The number of methoxy groups -OCH3 is 1. The van der Waals surface area contributed by atoms with Crippen molar-refractivity contribution in [1.82, 2.24) is 10.2 Å². The number of rotatable bonds is 7. The van der Waals surface area contributed by atoms with Crippen molar-refractivity contribution in [2.75, 3.05) is 25.6 Å². The van der Waals surface area contributed by atoms with Crippen LogP contribution in [0.3, 0.4) is 0 Å². The van der Waals surface area contributed by atoms with Crippen molar-refractivity contribution >= 4 is 23.4 Å². The molecule has 1 aliphatic heterocycles. The highest BCUT2D eigenvalue weighted by atomic mass is 16.5. The van der Waals surface area contributed by atoms with E-state index in [-0.39, 0.29) is 36.2 Å². The molecule has 7 heteroatoms. The lowest BCUT2D eigenvalue weighted by molar-refractivity contribution is -0.130. The lowest BCUT2D eigenvalue weighted by Crippen LogP contribution is -2.38. The first-order valence-corrected chi connectivity index (χ1v) is 10.5. The summed E-state index contributed by atoms with van der Waals surface area (Å²) in [7, 11) is 1.59. The molecular weight excluding hydrogens is 370 g/mol. The fourth-order valence-electron chi connectivity index (χ4n) is 4.20. The van der Waals surface area contributed by atoms with Crippen LogP contribution in [0.1, 0.15) is 55.8 Å². The number of para-hydroxylation sites is 1. The van der Waals surface area contributed by atoms with Crippen molar-refractivity contribution in [3.05, 3.63) is 29.8 Å². The number of nitrogens with zero attached hydrogens (tertiary/aromatic N) is 1. The summed E-state index contributed by atoms with van der Waals surface area (Å²) in [5, 5.41) is 5.97. The fraction of sp³-hybridized carbons (Fsp3) is 0.591. The van der Waals surface area contributed by atoms with Gasteiger partial charge in [0.25, 0.3) is 5.91 Å². The summed E-state index contributed by atoms with van der Waals surface area (Å²) < 4.78 is 5.12. The minimum atomic E-state index is -0.434. The van der Waals surface area contributed by atoms with Gasteiger partial charge >= 0.3 is 0 Å². The number of hydrogen-bond acceptors (Lipinski definition) is 4. The van der Waals surface area contributed by atoms with Crippen LogP contribution in [0.15, 0.2) is 24.3 Å². The van der Waals surface area contributed by atoms with Crippen molar-refractivity contribution in [3.63, 3.8) is 0 Å². The lowest BCUT2D eigenvalue weighted by Gasteiger charge is -2.24. The Bertz CT molecular complexity index is 745. The Hall–Kier alpha value is -2.41. The smallest absolute Gasteiger partial charge is 0.253 e. The van der Waals surface area contributed by atoms with Crippen LogP contribution in [0.4, 0.5) is 5.69 Å². The van der Waals surface area contributed by atoms with E-state index in [1.54, 1.807) is 36.3 Å². The van der Waals surface area contributed by atoms with Gasteiger partial charge in [0.2, 0.25) is 11.8 Å². The predicted molar refractivity (Wildman–Crippen MR) is 111 cm³/mol. The molecule has 2 aliphatic rings. The normalized spacial score (nSPS) is 21.1. The van der Waals surface area contributed by atoms with Gasteiger partial charge in [0.1, 0.15) is 0 Å². The molecule has 0 aromatic heterocycles. The molecule has 2 N–H and O–H groups in total. The number of likely N-dealkylation sites (tertiary alicyclic amines) is 1. The maximum absolute atomic E-state index is 12.8. The topological polar surface area (TPSA) is 87.7 Å². The number of carbonyl (C=O) groups is 3. The Morgan fingerprint density at radius 1 is 1.21 bits per heavy atom. The molecular formula is C22H31N3O4. The summed E-state index contributed by atoms with van der Waals surface area (Å²) in [5.74, 6) is -0.872. The molecule has 1 aromatic rings. The summed E-state index contributed by atoms with van der Waals surface area (Å²) >= 11 is 0. The predicted octanol–water partition coefficient (Wildman–Crippen LogP) is 2.57. The monoisotopic (exact) mass is 401 g/mol. The van der Waals surface area contributed by atoms with Gasteiger partial charge in [-0.05, 0) is 31.9 Å². The van der Waals surface area contributed by atoms with Crippen molar-refractivity contribution in [3.8, 4) is 0 Å². The van der Waals surface area contributed by atoms with Crippen LogP contribution in [0, 0.1) is 5.92 Å². The van der Waals surface area contributed by atoms with Gasteiger partial charge in [-0.1, -0.05) is 31.4 Å². The summed E-state index contributed by atoms with van der Waals surface area (Å²) in [6.07, 6.45) is 5.67. The molecule has 1 saturated heterocycles. The van der Waals surface area contributed by atoms with Crippen molar-refractivity contribution in [2.24, 2.45) is 5.92 Å². The third kappa shape index (κ3) is 5.35. The van der Waals surface area contributed by atoms with Gasteiger partial charge in [0.05, 0.1) is 29.8 Å². The number of ether oxygens (including phenoxy) is 1. The van der Waals surface area contributed by atoms with E-state index in [1.807, 2.05) is 6.92 Å². The van der Waals surface area contributed by atoms with Crippen LogP contribution in [0.25, 0.3) is 0 Å². The van der Waals surface area contributed by atoms with Crippen molar-refractivity contribution in [2.45, 2.75) is 57.5 Å². The van der Waals surface area contributed by atoms with Crippen LogP contribution in [0.5, 0.6) is 0 Å². The second kappa shape index (κ2) is 9.87. The number of nitrogens with one attached hydrogen (secondary N) is 2. The molecule has 29 heavy (non-hydrogen) atoms. The van der Waals surface area contributed by atoms with E-state index in [0.29, 0.717) is 24.4 Å². The minimum Gasteiger partial charge on any atom is -0.383 e. The van der Waals surface area contributed by atoms with Gasteiger partial charge in [-0.15, -0.1) is 0 Å². The van der Waals surface area contributed by atoms with Gasteiger partial charge in [-0.3, -0.25) is 14.4 Å². The number of hydrogen-bond donors (Lipinski definition) is 2. The molecule has 1 heterocycles. The zero-order valence-electron chi connectivity index (χ0n) is 17.3. The second-order valence-electron chi connectivity index (χ2n) is 8.09. The molecule has 1 aromatic carbocycles. The summed E-state index contributed by atoms with van der Waals surface area (Å²) in [6.45, 7) is 2.71. The van der Waals surface area contributed by atoms with E-state index in [4.69, 9.17) is 4.74 Å². The molecule has 3 rings (SSSR count). The van der Waals surface area contributed by atoms with Crippen LogP contribution in [-0.2, 0) is 14.3 Å². The minimum absolute atomic E-state index is 0.0435. The van der Waals surface area contributed by atoms with Crippen LogP contribution in [0.2, 0.25) is 0 Å². The van der Waals surface area contributed by atoms with Crippen molar-refractivity contribution in [1.29, 1.82) is 0 Å². The van der Waals surface area contributed by atoms with E-state index in [0.717, 1.165) is 25.7 Å². The van der Waals surface area contributed by atoms with E-state index in [2.05, 4.69) is 10.6 Å². The van der Waals surface area contributed by atoms with Gasteiger partial charge in [-0.2, -0.15) is 0 Å². The zero-order valence-corrected chi connectivity index (χ0v) is 17.3. The molecule has 3 amide bonds. The third-order valence-corrected chi connectivity index (χ3v) is 5.84. The fourth-order valence-corrected chi connectivity index (χ4v) is 4.20. The summed E-state index contributed by atoms with van der Waals surface area (Å²) in [4.78, 5) is 39.5. The maximum Gasteiger partial charge on any atom is 0.253 e. The first-order valence-electron chi connectivity index (χ1n) is 10.5. The second-order valence-corrected chi connectivity index (χ2v) is 8.09. The molecule has 2 fully saturated rings. The van der Waals surface area contributed by atoms with Gasteiger partial charge in [0, 0.05) is 26.1 Å². The first-order chi connectivity index (χ1) is 14.0. The Balaban J connectivity index is 1.63. The Kier molecular flexibility index (Phi) is 7.25. The van der Waals surface area contributed by atoms with Crippen molar-refractivity contribution < 1.29 is 19.1 Å². The number of amides is 3. The first kappa shape index (κ1) is 21.3. The van der Waals surface area contributed by atoms with Gasteiger partial charge < -0.3 is 20.3 Å². The molecule has 158 valence electrons. The Morgan fingerprint density at radius 3 is 2.66 bits per heavy atom. The molecule has 0 radical (unpaired) electrons. The van der Waals surface area contributed by atoms with E-state index in [9.17, 15) is 14.4 Å². The standard InChI is InChI=1S/C22H31N3O4/c1-15(14-29-2)25-13-16(12-20(25)26)21(27)24-19-11-7-6-10-18(19)22(28)23-17-8-4-3-5-9-17/h6-7,10-11,15-17H,3-5,8-9,12-14H2,1-2H3,(H,23,28)(H,24,27)/t15-,16-/m1/s1. The largest absolute Gasteiger partial charge is 0.383 e. The highest BCUT2D eigenvalue weighted by molar-refractivity contribution is 6.05. The van der Waals surface area contributed by atoms with E-state index in [1.165, 1.54) is 6.42 Å². The van der Waals surface area contributed by atoms with Gasteiger partial charge in [-0.25, -0.2) is 0 Å². The average Bonchev–Trinajstić information content (AvgIpc) is 3.11. The Morgan fingerprint density at radius 2 is 1.93 bits per heavy atom. The molecule has 1 aliphatic carbocycles. The number of benzene rings is 1. The number of carbonyl (C=O) groups excluding carboxylic acids is 3. The number of anilines is 1. The van der Waals surface area contributed by atoms with E-state index < -0.39 is 5.92 Å². The molecule has 7 nitrogen and oxygen atoms in total. The third-order valence-electron chi connectivity index (χ3n) is 5.84. The molecule has 1 saturated carbocycles. The molecule has 0 bridgehead atoms. The SMILES string of the molecule is COC[C@@H](C)N1C[C@H](C(=O)Nc2ccccc2C(=O)NC2CCCCC2)CC1=O. The molecule has 2 atom stereocenters. The zero-order chi connectivity index (χ0) is 20.8. The van der Waals surface area contributed by atoms with Crippen LogP contribution >= 0.6 is 0 Å². The molecule has 0 spiro atoms. The Labute approximate surface area is 172 Å². The summed E-state index contributed by atoms with van der Waals surface area (Å²) in [5.41, 5.74) is 0.946. The quantitative estimate of drug-likeness (QED) is 0.735. The summed E-state index contributed by atoms with van der Waals surface area (Å²) in [6, 6.07) is 7.16. The average molecular weight is 402 g/mol. The highest BCUT2D eigenvalue weighted by Gasteiger charge is 2.36. The van der Waals surface area contributed by atoms with Crippen LogP contribution in [-0.4, -0.2) is 55.0 Å². The lowest BCUT2D eigenvalue weighted by atomic mass is 9.95. The maximum atomic E-state index is 12.8. The van der Waals surface area contributed by atoms with E-state index >= 15 is 0 Å². The van der Waals surface area contributed by atoms with Crippen LogP contribution < -0.4 is 10.6 Å². The van der Waals surface area contributed by atoms with Gasteiger partial charge in [0.15, 0.2) is 0 Å². The highest BCUT2D eigenvalue weighted by Crippen LogP contribution is 2.24. The molecule has 0 unspecified atom stereocenters.